The normalized spacial score (nSPS) is 14.5. The van der Waals surface area contributed by atoms with Crippen LogP contribution >= 0.6 is 11.6 Å². The van der Waals surface area contributed by atoms with Crippen LogP contribution < -0.4 is 0 Å². The van der Waals surface area contributed by atoms with E-state index in [9.17, 15) is 0 Å². The van der Waals surface area contributed by atoms with Gasteiger partial charge in [-0.15, -0.1) is 11.6 Å². The number of benzene rings is 1. The molecule has 0 amide bonds. The van der Waals surface area contributed by atoms with E-state index in [4.69, 9.17) is 11.6 Å². The average molecular weight is 249 g/mol. The summed E-state index contributed by atoms with van der Waals surface area (Å²) in [6.07, 6.45) is 4.95. The van der Waals surface area contributed by atoms with Gasteiger partial charge in [-0.3, -0.25) is 0 Å². The van der Waals surface area contributed by atoms with Crippen molar-refractivity contribution in [2.75, 3.05) is 0 Å². The molecule has 2 aromatic rings. The zero-order valence-electron chi connectivity index (χ0n) is 10.2. The van der Waals surface area contributed by atoms with Gasteiger partial charge in [-0.2, -0.15) is 5.10 Å². The van der Waals surface area contributed by atoms with Crippen LogP contribution in [0.1, 0.15) is 31.2 Å². The van der Waals surface area contributed by atoms with Crippen molar-refractivity contribution in [2.45, 2.75) is 25.6 Å². The molecule has 0 saturated carbocycles. The van der Waals surface area contributed by atoms with E-state index >= 15 is 0 Å². The Hall–Kier alpha value is -1.28. The lowest BCUT2D eigenvalue weighted by molar-refractivity contribution is 0.542. The summed E-state index contributed by atoms with van der Waals surface area (Å²) in [5, 5.41) is 4.40. The Morgan fingerprint density at radius 1 is 1.29 bits per heavy atom. The topological polar surface area (TPSA) is 17.8 Å². The molecule has 2 atom stereocenters. The van der Waals surface area contributed by atoms with Crippen molar-refractivity contribution in [1.29, 1.82) is 0 Å². The fourth-order valence-electron chi connectivity index (χ4n) is 1.74. The van der Waals surface area contributed by atoms with Gasteiger partial charge in [0.05, 0.1) is 17.3 Å². The smallest absolute Gasteiger partial charge is 0.0645 e. The quantitative estimate of drug-likeness (QED) is 0.742. The molecule has 0 aliphatic carbocycles. The average Bonchev–Trinajstić information content (AvgIpc) is 2.87. The van der Waals surface area contributed by atoms with Gasteiger partial charge < -0.3 is 0 Å². The third kappa shape index (κ3) is 2.70. The summed E-state index contributed by atoms with van der Waals surface area (Å²) in [5.74, 6) is 0.463. The first kappa shape index (κ1) is 12.2. The molecule has 0 radical (unpaired) electrons. The zero-order chi connectivity index (χ0) is 12.3. The van der Waals surface area contributed by atoms with Crippen molar-refractivity contribution in [3.05, 3.63) is 48.3 Å². The van der Waals surface area contributed by atoms with Gasteiger partial charge in [0.15, 0.2) is 0 Å². The fourth-order valence-corrected chi connectivity index (χ4v) is 2.03. The Morgan fingerprint density at radius 3 is 2.65 bits per heavy atom. The minimum Gasteiger partial charge on any atom is -0.241 e. The van der Waals surface area contributed by atoms with E-state index in [2.05, 4.69) is 18.9 Å². The number of rotatable bonds is 4. The molecular formula is C14H17ClN2. The second kappa shape index (κ2) is 5.37. The highest BCUT2D eigenvalue weighted by molar-refractivity contribution is 6.20. The molecule has 0 aliphatic heterocycles. The van der Waals surface area contributed by atoms with Crippen LogP contribution in [0.3, 0.4) is 0 Å². The molecule has 0 N–H and O–H groups in total. The lowest BCUT2D eigenvalue weighted by Gasteiger charge is -2.13. The van der Waals surface area contributed by atoms with E-state index in [0.29, 0.717) is 5.92 Å². The summed E-state index contributed by atoms with van der Waals surface area (Å²) in [7, 11) is 0. The molecule has 90 valence electrons. The second-order valence-corrected chi connectivity index (χ2v) is 4.81. The molecule has 1 heterocycles. The SMILES string of the molecule is CCC(C)C(Cl)c1cnn(-c2ccccc2)c1. The Morgan fingerprint density at radius 2 is 2.00 bits per heavy atom. The van der Waals surface area contributed by atoms with E-state index in [1.54, 1.807) is 0 Å². The first-order valence-electron chi connectivity index (χ1n) is 5.96. The van der Waals surface area contributed by atoms with E-state index in [1.165, 1.54) is 0 Å². The maximum Gasteiger partial charge on any atom is 0.0645 e. The largest absolute Gasteiger partial charge is 0.241 e. The van der Waals surface area contributed by atoms with Crippen molar-refractivity contribution in [1.82, 2.24) is 9.78 Å². The third-order valence-corrected chi connectivity index (χ3v) is 3.77. The maximum absolute atomic E-state index is 6.40. The minimum absolute atomic E-state index is 0.0393. The van der Waals surface area contributed by atoms with Crippen molar-refractivity contribution < 1.29 is 0 Å². The van der Waals surface area contributed by atoms with Crippen LogP contribution in [0.2, 0.25) is 0 Å². The third-order valence-electron chi connectivity index (χ3n) is 3.09. The van der Waals surface area contributed by atoms with Crippen LogP contribution in [0.5, 0.6) is 0 Å². The molecule has 0 bridgehead atoms. The summed E-state index contributed by atoms with van der Waals surface area (Å²) in [5.41, 5.74) is 2.15. The molecule has 17 heavy (non-hydrogen) atoms. The zero-order valence-corrected chi connectivity index (χ0v) is 10.9. The van der Waals surface area contributed by atoms with Crippen molar-refractivity contribution in [3.8, 4) is 5.69 Å². The molecule has 2 unspecified atom stereocenters. The summed E-state index contributed by atoms with van der Waals surface area (Å²) < 4.78 is 1.87. The molecule has 3 heteroatoms. The summed E-state index contributed by atoms with van der Waals surface area (Å²) in [4.78, 5) is 0. The Balaban J connectivity index is 2.22. The molecule has 0 fully saturated rings. The predicted molar refractivity (Wildman–Crippen MR) is 71.6 cm³/mol. The van der Waals surface area contributed by atoms with Gasteiger partial charge in [-0.25, -0.2) is 4.68 Å². The Kier molecular flexibility index (Phi) is 3.85. The number of alkyl halides is 1. The molecular weight excluding hydrogens is 232 g/mol. The summed E-state index contributed by atoms with van der Waals surface area (Å²) >= 11 is 6.40. The number of para-hydroxylation sites is 1. The van der Waals surface area contributed by atoms with Crippen LogP contribution in [-0.4, -0.2) is 9.78 Å². The van der Waals surface area contributed by atoms with Crippen LogP contribution in [0.25, 0.3) is 5.69 Å². The monoisotopic (exact) mass is 248 g/mol. The lowest BCUT2D eigenvalue weighted by atomic mass is 10.0. The number of aromatic nitrogens is 2. The van der Waals surface area contributed by atoms with E-state index in [-0.39, 0.29) is 5.38 Å². The van der Waals surface area contributed by atoms with Crippen LogP contribution in [0.15, 0.2) is 42.7 Å². The predicted octanol–water partition coefficient (Wildman–Crippen LogP) is 4.20. The lowest BCUT2D eigenvalue weighted by Crippen LogP contribution is -2.01. The summed E-state index contributed by atoms with van der Waals surface area (Å²) in [6.45, 7) is 4.32. The van der Waals surface area contributed by atoms with Gasteiger partial charge in [-0.1, -0.05) is 38.5 Å². The van der Waals surface area contributed by atoms with Crippen molar-refractivity contribution >= 4 is 11.6 Å². The molecule has 0 saturated heterocycles. The fraction of sp³-hybridized carbons (Fsp3) is 0.357. The van der Waals surface area contributed by atoms with Crippen molar-refractivity contribution in [3.63, 3.8) is 0 Å². The molecule has 0 spiro atoms. The van der Waals surface area contributed by atoms with E-state index in [1.807, 2.05) is 47.4 Å². The highest BCUT2D eigenvalue weighted by Gasteiger charge is 2.16. The number of nitrogens with zero attached hydrogens (tertiary/aromatic N) is 2. The number of halogens is 1. The Bertz CT molecular complexity index is 464. The van der Waals surface area contributed by atoms with Crippen LogP contribution in [-0.2, 0) is 0 Å². The first-order valence-corrected chi connectivity index (χ1v) is 6.40. The van der Waals surface area contributed by atoms with E-state index < -0.39 is 0 Å². The summed E-state index contributed by atoms with van der Waals surface area (Å²) in [6, 6.07) is 10.1. The highest BCUT2D eigenvalue weighted by atomic mass is 35.5. The van der Waals surface area contributed by atoms with Crippen LogP contribution in [0.4, 0.5) is 0 Å². The highest BCUT2D eigenvalue weighted by Crippen LogP contribution is 2.30. The van der Waals surface area contributed by atoms with Crippen molar-refractivity contribution in [2.24, 2.45) is 5.92 Å². The van der Waals surface area contributed by atoms with Gasteiger partial charge in [-0.05, 0) is 18.1 Å². The molecule has 2 rings (SSSR count). The standard InChI is InChI=1S/C14H17ClN2/c1-3-11(2)14(15)12-9-16-17(10-12)13-7-5-4-6-8-13/h4-11,14H,3H2,1-2H3. The van der Waals surface area contributed by atoms with Gasteiger partial charge >= 0.3 is 0 Å². The molecule has 1 aromatic heterocycles. The second-order valence-electron chi connectivity index (χ2n) is 4.34. The maximum atomic E-state index is 6.40. The Labute approximate surface area is 107 Å². The molecule has 2 nitrogen and oxygen atoms in total. The number of hydrogen-bond donors (Lipinski definition) is 0. The first-order chi connectivity index (χ1) is 8.22. The van der Waals surface area contributed by atoms with Gasteiger partial charge in [0.2, 0.25) is 0 Å². The molecule has 0 aliphatic rings. The molecule has 1 aromatic carbocycles. The minimum atomic E-state index is 0.0393. The number of hydrogen-bond acceptors (Lipinski definition) is 1. The van der Waals surface area contributed by atoms with Crippen LogP contribution in [0, 0.1) is 5.92 Å². The van der Waals surface area contributed by atoms with Gasteiger partial charge in [0.1, 0.15) is 0 Å². The van der Waals surface area contributed by atoms with E-state index in [0.717, 1.165) is 17.7 Å². The van der Waals surface area contributed by atoms with Gasteiger partial charge in [0, 0.05) is 11.8 Å². The van der Waals surface area contributed by atoms with Gasteiger partial charge in [0.25, 0.3) is 0 Å².